The molecule has 0 saturated heterocycles. The highest BCUT2D eigenvalue weighted by Gasteiger charge is 2.11. The van der Waals surface area contributed by atoms with Crippen molar-refractivity contribution >= 4 is 23.6 Å². The lowest BCUT2D eigenvalue weighted by molar-refractivity contribution is -0.128. The van der Waals surface area contributed by atoms with Crippen LogP contribution in [0, 0.1) is 0 Å². The molecule has 0 amide bonds. The Bertz CT molecular complexity index is 972. The van der Waals surface area contributed by atoms with Gasteiger partial charge in [0.1, 0.15) is 12.1 Å². The van der Waals surface area contributed by atoms with Crippen LogP contribution in [0.15, 0.2) is 48.8 Å². The maximum absolute atomic E-state index is 12.1. The molecule has 0 N–H and O–H groups in total. The summed E-state index contributed by atoms with van der Waals surface area (Å²) in [5.41, 5.74) is 1.42. The highest BCUT2D eigenvalue weighted by atomic mass is 35.5. The fourth-order valence-electron chi connectivity index (χ4n) is 2.38. The standard InChI is InChI=1S/C19H17ClN4O4/c1-3-27-19-16(20)10-13(11-17(19)26-2)4-9-18(25)28-15-7-5-14(6-8-15)24-12-21-22-23-24/h4-12H,3H2,1-2H3/b9-4-. The van der Waals surface area contributed by atoms with E-state index in [4.69, 9.17) is 25.8 Å². The van der Waals surface area contributed by atoms with Gasteiger partial charge in [0, 0.05) is 6.08 Å². The second-order valence-electron chi connectivity index (χ2n) is 5.47. The normalized spacial score (nSPS) is 10.8. The molecule has 28 heavy (non-hydrogen) atoms. The number of nitrogens with zero attached hydrogens (tertiary/aromatic N) is 4. The number of hydrogen-bond acceptors (Lipinski definition) is 7. The van der Waals surface area contributed by atoms with Crippen LogP contribution in [0.2, 0.25) is 5.02 Å². The molecule has 0 aliphatic rings. The van der Waals surface area contributed by atoms with Gasteiger partial charge in [-0.3, -0.25) is 0 Å². The molecule has 1 aromatic heterocycles. The minimum Gasteiger partial charge on any atom is -0.493 e. The van der Waals surface area contributed by atoms with Crippen LogP contribution < -0.4 is 14.2 Å². The molecule has 3 rings (SSSR count). The van der Waals surface area contributed by atoms with E-state index in [0.717, 1.165) is 5.69 Å². The van der Waals surface area contributed by atoms with Gasteiger partial charge < -0.3 is 14.2 Å². The first-order chi connectivity index (χ1) is 13.6. The third kappa shape index (κ3) is 4.66. The average Bonchev–Trinajstić information content (AvgIpc) is 3.23. The largest absolute Gasteiger partial charge is 0.493 e. The maximum Gasteiger partial charge on any atom is 0.336 e. The lowest BCUT2D eigenvalue weighted by Crippen LogP contribution is -2.04. The summed E-state index contributed by atoms with van der Waals surface area (Å²) in [7, 11) is 1.52. The van der Waals surface area contributed by atoms with E-state index < -0.39 is 5.97 Å². The van der Waals surface area contributed by atoms with E-state index in [9.17, 15) is 4.79 Å². The number of ether oxygens (including phenoxy) is 3. The number of carbonyl (C=O) groups excluding carboxylic acids is 1. The molecule has 0 unspecified atom stereocenters. The predicted molar refractivity (Wildman–Crippen MR) is 103 cm³/mol. The van der Waals surface area contributed by atoms with Gasteiger partial charge in [0.25, 0.3) is 0 Å². The predicted octanol–water partition coefficient (Wildman–Crippen LogP) is 3.34. The molecule has 3 aromatic rings. The second-order valence-corrected chi connectivity index (χ2v) is 5.88. The Morgan fingerprint density at radius 3 is 2.68 bits per heavy atom. The quantitative estimate of drug-likeness (QED) is 0.341. The van der Waals surface area contributed by atoms with Crippen molar-refractivity contribution in [1.82, 2.24) is 20.2 Å². The molecule has 0 saturated carbocycles. The number of esters is 1. The van der Waals surface area contributed by atoms with Gasteiger partial charge in [-0.2, -0.15) is 0 Å². The number of methoxy groups -OCH3 is 1. The zero-order valence-corrected chi connectivity index (χ0v) is 16.0. The van der Waals surface area contributed by atoms with Crippen LogP contribution in [-0.4, -0.2) is 39.9 Å². The van der Waals surface area contributed by atoms with Gasteiger partial charge in [0.15, 0.2) is 11.5 Å². The Kier molecular flexibility index (Phi) is 6.23. The number of benzene rings is 2. The molecule has 0 bridgehead atoms. The smallest absolute Gasteiger partial charge is 0.336 e. The van der Waals surface area contributed by atoms with E-state index >= 15 is 0 Å². The van der Waals surface area contributed by atoms with E-state index in [-0.39, 0.29) is 0 Å². The number of carbonyl (C=O) groups is 1. The Morgan fingerprint density at radius 1 is 1.25 bits per heavy atom. The molecule has 0 atom stereocenters. The molecule has 2 aromatic carbocycles. The van der Waals surface area contributed by atoms with Crippen molar-refractivity contribution in [2.24, 2.45) is 0 Å². The Labute approximate surface area is 166 Å². The van der Waals surface area contributed by atoms with E-state index in [2.05, 4.69) is 15.5 Å². The zero-order valence-electron chi connectivity index (χ0n) is 15.2. The monoisotopic (exact) mass is 400 g/mol. The summed E-state index contributed by atoms with van der Waals surface area (Å²) < 4.78 is 17.5. The lowest BCUT2D eigenvalue weighted by Gasteiger charge is -2.11. The summed E-state index contributed by atoms with van der Waals surface area (Å²) in [6, 6.07) is 10.2. The first-order valence-corrected chi connectivity index (χ1v) is 8.72. The van der Waals surface area contributed by atoms with Crippen molar-refractivity contribution in [3.8, 4) is 22.9 Å². The third-order valence-electron chi connectivity index (χ3n) is 3.62. The maximum atomic E-state index is 12.1. The highest BCUT2D eigenvalue weighted by molar-refractivity contribution is 6.32. The number of hydrogen-bond donors (Lipinski definition) is 0. The number of halogens is 1. The fourth-order valence-corrected chi connectivity index (χ4v) is 2.66. The molecule has 0 radical (unpaired) electrons. The van der Waals surface area contributed by atoms with E-state index in [1.807, 2.05) is 6.92 Å². The Morgan fingerprint density at radius 2 is 2.04 bits per heavy atom. The van der Waals surface area contributed by atoms with Crippen LogP contribution in [0.5, 0.6) is 17.2 Å². The molecule has 144 valence electrons. The molecule has 0 aliphatic carbocycles. The summed E-state index contributed by atoms with van der Waals surface area (Å²) in [5, 5.41) is 11.3. The van der Waals surface area contributed by atoms with Gasteiger partial charge in [-0.25, -0.2) is 9.48 Å². The van der Waals surface area contributed by atoms with Gasteiger partial charge in [-0.15, -0.1) is 5.10 Å². The molecule has 0 fully saturated rings. The van der Waals surface area contributed by atoms with Crippen LogP contribution in [0.1, 0.15) is 12.5 Å². The van der Waals surface area contributed by atoms with E-state index in [1.54, 1.807) is 42.5 Å². The molecular formula is C19H17ClN4O4. The van der Waals surface area contributed by atoms with Crippen molar-refractivity contribution in [3.63, 3.8) is 0 Å². The van der Waals surface area contributed by atoms with Gasteiger partial charge in [0.2, 0.25) is 0 Å². The minimum atomic E-state index is -0.529. The Hall–Kier alpha value is -3.39. The second kappa shape index (κ2) is 9.01. The van der Waals surface area contributed by atoms with E-state index in [0.29, 0.717) is 34.4 Å². The first kappa shape index (κ1) is 19.4. The minimum absolute atomic E-state index is 0.396. The van der Waals surface area contributed by atoms with Crippen molar-refractivity contribution in [3.05, 3.63) is 59.4 Å². The van der Waals surface area contributed by atoms with Crippen LogP contribution >= 0.6 is 11.6 Å². The summed E-state index contributed by atoms with van der Waals surface area (Å²) in [4.78, 5) is 12.1. The molecule has 1 heterocycles. The summed E-state index contributed by atoms with van der Waals surface area (Å²) in [5.74, 6) is 0.822. The molecule has 0 aliphatic heterocycles. The summed E-state index contributed by atoms with van der Waals surface area (Å²) in [6.45, 7) is 2.32. The summed E-state index contributed by atoms with van der Waals surface area (Å²) >= 11 is 6.22. The Balaban J connectivity index is 1.67. The number of aromatic nitrogens is 4. The van der Waals surface area contributed by atoms with Crippen molar-refractivity contribution in [2.45, 2.75) is 6.92 Å². The van der Waals surface area contributed by atoms with Gasteiger partial charge in [-0.05, 0) is 65.4 Å². The van der Waals surface area contributed by atoms with Crippen molar-refractivity contribution in [1.29, 1.82) is 0 Å². The van der Waals surface area contributed by atoms with Gasteiger partial charge in [0.05, 0.1) is 24.4 Å². The van der Waals surface area contributed by atoms with Crippen LogP contribution in [0.25, 0.3) is 11.8 Å². The molecule has 9 heteroatoms. The van der Waals surface area contributed by atoms with Gasteiger partial charge in [-0.1, -0.05) is 11.6 Å². The van der Waals surface area contributed by atoms with Crippen LogP contribution in [0.4, 0.5) is 0 Å². The number of tetrazole rings is 1. The fraction of sp³-hybridized carbons (Fsp3) is 0.158. The molecular weight excluding hydrogens is 384 g/mol. The average molecular weight is 401 g/mol. The van der Waals surface area contributed by atoms with Gasteiger partial charge >= 0.3 is 5.97 Å². The first-order valence-electron chi connectivity index (χ1n) is 8.34. The van der Waals surface area contributed by atoms with Crippen molar-refractivity contribution < 1.29 is 19.0 Å². The van der Waals surface area contributed by atoms with E-state index in [1.165, 1.54) is 24.2 Å². The molecule has 8 nitrogen and oxygen atoms in total. The van der Waals surface area contributed by atoms with Crippen molar-refractivity contribution in [2.75, 3.05) is 13.7 Å². The SMILES string of the molecule is CCOc1c(Cl)cc(/C=C\C(=O)Oc2ccc(-n3cnnn3)cc2)cc1OC. The highest BCUT2D eigenvalue weighted by Crippen LogP contribution is 2.36. The third-order valence-corrected chi connectivity index (χ3v) is 3.90. The topological polar surface area (TPSA) is 88.4 Å². The zero-order chi connectivity index (χ0) is 19.9. The summed E-state index contributed by atoms with van der Waals surface area (Å²) in [6.07, 6.45) is 4.36. The number of rotatable bonds is 7. The van der Waals surface area contributed by atoms with Crippen LogP contribution in [-0.2, 0) is 4.79 Å². The molecule has 0 spiro atoms. The lowest BCUT2D eigenvalue weighted by atomic mass is 10.2. The van der Waals surface area contributed by atoms with Crippen LogP contribution in [0.3, 0.4) is 0 Å².